The van der Waals surface area contributed by atoms with Crippen molar-refractivity contribution in [2.24, 2.45) is 0 Å². The molecular formula is C12H14N2OY-2. The first-order chi connectivity index (χ1) is 6.81. The summed E-state index contributed by atoms with van der Waals surface area (Å²) in [6.07, 6.45) is 0. The van der Waals surface area contributed by atoms with E-state index in [9.17, 15) is 0 Å². The van der Waals surface area contributed by atoms with E-state index in [1.54, 1.807) is 6.07 Å². The first-order valence-electron chi connectivity index (χ1n) is 4.55. The molecule has 1 N–H and O–H groups in total. The second-order valence-electron chi connectivity index (χ2n) is 2.95. The number of nitrogens with zero attached hydrogens (tertiary/aromatic N) is 1. The van der Waals surface area contributed by atoms with Gasteiger partial charge in [-0.2, -0.15) is 0 Å². The molecule has 0 saturated heterocycles. The predicted molar refractivity (Wildman–Crippen MR) is 63.3 cm³/mol. The van der Waals surface area contributed by atoms with Gasteiger partial charge in [-0.05, 0) is 18.5 Å². The van der Waals surface area contributed by atoms with Gasteiger partial charge < -0.3 is 22.9 Å². The van der Waals surface area contributed by atoms with Gasteiger partial charge in [-0.15, -0.1) is 0 Å². The molecule has 0 aliphatic carbocycles. The van der Waals surface area contributed by atoms with E-state index in [1.165, 1.54) is 0 Å². The van der Waals surface area contributed by atoms with Gasteiger partial charge in [0.15, 0.2) is 0 Å². The van der Waals surface area contributed by atoms with E-state index >= 15 is 0 Å². The summed E-state index contributed by atoms with van der Waals surface area (Å²) in [5.74, 6) is 1.11. The van der Waals surface area contributed by atoms with Crippen molar-refractivity contribution in [2.75, 3.05) is 6.61 Å². The Balaban J connectivity index is 0.00000112. The Morgan fingerprint density at radius 2 is 2.00 bits per heavy atom. The molecule has 4 heteroatoms. The van der Waals surface area contributed by atoms with Crippen LogP contribution in [0.4, 0.5) is 5.82 Å². The molecule has 0 amide bonds. The van der Waals surface area contributed by atoms with Gasteiger partial charge >= 0.3 is 0 Å². The molecule has 1 radical (unpaired) electrons. The second-order valence-corrected chi connectivity index (χ2v) is 2.95. The van der Waals surface area contributed by atoms with Crippen molar-refractivity contribution < 1.29 is 37.4 Å². The molecule has 2 rings (SSSR count). The van der Waals surface area contributed by atoms with Crippen molar-refractivity contribution in [1.29, 1.82) is 0 Å². The topological polar surface area (TPSA) is 45.9 Å². The fourth-order valence-corrected chi connectivity index (χ4v) is 1.41. The Bertz CT molecular complexity index is 460. The quantitative estimate of drug-likeness (QED) is 0.791. The van der Waals surface area contributed by atoms with Crippen LogP contribution in [0.25, 0.3) is 16.6 Å². The molecule has 0 unspecified atom stereocenters. The number of fused-ring (bicyclic) bond motifs is 1. The summed E-state index contributed by atoms with van der Waals surface area (Å²) in [7, 11) is 0. The first-order valence-corrected chi connectivity index (χ1v) is 4.55. The summed E-state index contributed by atoms with van der Waals surface area (Å²) >= 11 is 0. The molecule has 0 atom stereocenters. The van der Waals surface area contributed by atoms with Crippen LogP contribution < -0.4 is 4.74 Å². The van der Waals surface area contributed by atoms with Crippen molar-refractivity contribution in [3.05, 3.63) is 43.5 Å². The van der Waals surface area contributed by atoms with E-state index in [-0.39, 0.29) is 46.0 Å². The Hall–Kier alpha value is -0.666. The molecule has 83 valence electrons. The summed E-state index contributed by atoms with van der Waals surface area (Å²) in [5, 5.41) is 0.963. The molecule has 3 nitrogen and oxygen atoms in total. The number of hydrogen-bond acceptors (Lipinski definition) is 2. The average molecular weight is 291 g/mol. The normalized spacial score (nSPS) is 9.06. The number of rotatable bonds is 2. The molecule has 0 aliphatic rings. The maximum Gasteiger partial charge on any atom is 0.126 e. The van der Waals surface area contributed by atoms with Crippen molar-refractivity contribution in [1.82, 2.24) is 4.98 Å². The van der Waals surface area contributed by atoms with Crippen molar-refractivity contribution in [3.63, 3.8) is 0 Å². The fourth-order valence-electron chi connectivity index (χ4n) is 1.41. The first kappa shape index (κ1) is 15.3. The summed E-state index contributed by atoms with van der Waals surface area (Å²) in [6, 6.07) is 9.23. The number of benzene rings is 1. The van der Waals surface area contributed by atoms with E-state index in [1.807, 2.05) is 31.2 Å². The molecule has 1 aromatic carbocycles. The minimum atomic E-state index is 0. The van der Waals surface area contributed by atoms with E-state index in [4.69, 9.17) is 10.5 Å². The van der Waals surface area contributed by atoms with E-state index < -0.39 is 0 Å². The van der Waals surface area contributed by atoms with Crippen LogP contribution in [-0.2, 0) is 32.7 Å². The van der Waals surface area contributed by atoms with Gasteiger partial charge in [0.25, 0.3) is 0 Å². The van der Waals surface area contributed by atoms with Crippen LogP contribution in [0.15, 0.2) is 30.3 Å². The van der Waals surface area contributed by atoms with E-state index in [0.717, 1.165) is 16.7 Å². The van der Waals surface area contributed by atoms with Crippen LogP contribution in [0.5, 0.6) is 5.75 Å². The van der Waals surface area contributed by atoms with Crippen LogP contribution >= 0.6 is 0 Å². The zero-order chi connectivity index (χ0) is 9.97. The second kappa shape index (κ2) is 6.82. The smallest absolute Gasteiger partial charge is 0.126 e. The molecule has 1 aromatic heterocycles. The third-order valence-electron chi connectivity index (χ3n) is 1.99. The monoisotopic (exact) mass is 291 g/mol. The van der Waals surface area contributed by atoms with E-state index in [0.29, 0.717) is 6.61 Å². The average Bonchev–Trinajstić information content (AvgIpc) is 2.18. The number of nitrogens with one attached hydrogen (secondary N) is 1. The zero-order valence-corrected chi connectivity index (χ0v) is 12.4. The maximum absolute atomic E-state index is 7.40. The molecular weight excluding hydrogens is 277 g/mol. The van der Waals surface area contributed by atoms with Gasteiger partial charge in [0, 0.05) is 38.1 Å². The Labute approximate surface area is 121 Å². The van der Waals surface area contributed by atoms with E-state index in [2.05, 4.69) is 4.98 Å². The number of ether oxygens (including phenoxy) is 1. The minimum absolute atomic E-state index is 0. The van der Waals surface area contributed by atoms with Crippen LogP contribution in [0, 0.1) is 7.43 Å². The molecule has 0 saturated carbocycles. The summed E-state index contributed by atoms with van der Waals surface area (Å²) in [5.41, 5.74) is 8.21. The minimum Gasteiger partial charge on any atom is -0.493 e. The summed E-state index contributed by atoms with van der Waals surface area (Å²) < 4.78 is 5.46. The van der Waals surface area contributed by atoms with Crippen molar-refractivity contribution in [2.45, 2.75) is 6.92 Å². The van der Waals surface area contributed by atoms with Gasteiger partial charge in [0.1, 0.15) is 5.75 Å². The molecule has 16 heavy (non-hydrogen) atoms. The van der Waals surface area contributed by atoms with Crippen molar-refractivity contribution in [3.8, 4) is 5.75 Å². The molecule has 0 spiro atoms. The molecule has 0 fully saturated rings. The summed E-state index contributed by atoms with van der Waals surface area (Å²) in [6.45, 7) is 2.59. The van der Waals surface area contributed by atoms with Gasteiger partial charge in [-0.1, -0.05) is 30.1 Å². The third kappa shape index (κ3) is 3.16. The fraction of sp³-hybridized carbons (Fsp3) is 0.167. The third-order valence-corrected chi connectivity index (χ3v) is 1.99. The van der Waals surface area contributed by atoms with Crippen LogP contribution in [0.2, 0.25) is 0 Å². The zero-order valence-electron chi connectivity index (χ0n) is 9.53. The number of hydrogen-bond donors (Lipinski definition) is 0. The summed E-state index contributed by atoms with van der Waals surface area (Å²) in [4.78, 5) is 4.11. The van der Waals surface area contributed by atoms with Gasteiger partial charge in [0.05, 0.1) is 6.61 Å². The Morgan fingerprint density at radius 1 is 1.25 bits per heavy atom. The van der Waals surface area contributed by atoms with Gasteiger partial charge in [0.2, 0.25) is 0 Å². The van der Waals surface area contributed by atoms with Crippen LogP contribution in [0.3, 0.4) is 0 Å². The predicted octanol–water partition coefficient (Wildman–Crippen LogP) is 3.76. The maximum atomic E-state index is 7.40. The Morgan fingerprint density at radius 3 is 2.69 bits per heavy atom. The number of pyridine rings is 1. The molecule has 0 bridgehead atoms. The van der Waals surface area contributed by atoms with Gasteiger partial charge in [-0.3, -0.25) is 0 Å². The largest absolute Gasteiger partial charge is 0.493 e. The van der Waals surface area contributed by atoms with Crippen LogP contribution in [0.1, 0.15) is 6.92 Å². The Kier molecular flexibility index (Phi) is 6.53. The van der Waals surface area contributed by atoms with Gasteiger partial charge in [-0.25, -0.2) is 0 Å². The van der Waals surface area contributed by atoms with Crippen LogP contribution in [-0.4, -0.2) is 11.6 Å². The SMILES string of the molecule is CCOc1cccc2nc([NH-])ccc12.[CH3-].[Y]. The molecule has 2 aromatic rings. The van der Waals surface area contributed by atoms with Crippen molar-refractivity contribution >= 4 is 16.7 Å². The molecule has 0 aliphatic heterocycles. The standard InChI is InChI=1S/C11H11N2O.CH3.Y/c1-2-14-10-5-3-4-9-8(10)6-7-11(12)13-9;;/h3-7H,2H2,1H3,(H-,12,13);1H3;/q2*-1;. The number of aromatic nitrogens is 1. The molecule has 1 heterocycles.